The minimum absolute atomic E-state index is 0.776. The van der Waals surface area contributed by atoms with E-state index in [4.69, 9.17) is 11.6 Å². The van der Waals surface area contributed by atoms with Crippen molar-refractivity contribution in [2.24, 2.45) is 0 Å². The van der Waals surface area contributed by atoms with Crippen LogP contribution in [0.3, 0.4) is 0 Å². The molecule has 0 aliphatic rings. The van der Waals surface area contributed by atoms with Crippen molar-refractivity contribution in [2.75, 3.05) is 24.2 Å². The topological polar surface area (TPSA) is 37.0 Å². The second-order valence-electron chi connectivity index (χ2n) is 4.02. The van der Waals surface area contributed by atoms with Crippen molar-refractivity contribution in [3.05, 3.63) is 53.3 Å². The zero-order valence-electron chi connectivity index (χ0n) is 10.3. The van der Waals surface area contributed by atoms with E-state index in [0.29, 0.717) is 0 Å². The van der Waals surface area contributed by atoms with Crippen molar-refractivity contribution in [1.29, 1.82) is 0 Å². The van der Waals surface area contributed by atoms with Crippen LogP contribution >= 0.6 is 11.6 Å². The smallest absolute Gasteiger partial charge is 0.0547 e. The number of rotatable bonds is 5. The van der Waals surface area contributed by atoms with E-state index < -0.39 is 0 Å². The normalized spacial score (nSPS) is 10.1. The minimum atomic E-state index is 0.776. The van der Waals surface area contributed by atoms with Crippen molar-refractivity contribution >= 4 is 23.0 Å². The highest BCUT2D eigenvalue weighted by Gasteiger charge is 1.96. The Labute approximate surface area is 112 Å². The van der Waals surface area contributed by atoms with E-state index in [2.05, 4.69) is 15.6 Å². The van der Waals surface area contributed by atoms with Gasteiger partial charge in [-0.05, 0) is 30.2 Å². The Hall–Kier alpha value is -1.74. The molecule has 0 saturated carbocycles. The van der Waals surface area contributed by atoms with Gasteiger partial charge in [-0.3, -0.25) is 4.98 Å². The van der Waals surface area contributed by atoms with Crippen LogP contribution in [-0.2, 0) is 6.42 Å². The van der Waals surface area contributed by atoms with Crippen LogP contribution in [0.2, 0.25) is 5.02 Å². The molecule has 0 saturated heterocycles. The summed E-state index contributed by atoms with van der Waals surface area (Å²) in [7, 11) is 1.88. The third-order valence-corrected chi connectivity index (χ3v) is 2.93. The van der Waals surface area contributed by atoms with Gasteiger partial charge in [-0.2, -0.15) is 0 Å². The lowest BCUT2D eigenvalue weighted by atomic mass is 10.1. The molecule has 0 fully saturated rings. The van der Waals surface area contributed by atoms with Gasteiger partial charge in [0.1, 0.15) is 0 Å². The molecule has 0 aliphatic carbocycles. The summed E-state index contributed by atoms with van der Waals surface area (Å²) in [6.45, 7) is 0.872. The Morgan fingerprint density at radius 2 is 1.83 bits per heavy atom. The van der Waals surface area contributed by atoms with Crippen molar-refractivity contribution in [2.45, 2.75) is 6.42 Å². The third kappa shape index (κ3) is 3.64. The van der Waals surface area contributed by atoms with Crippen LogP contribution in [-0.4, -0.2) is 18.6 Å². The quantitative estimate of drug-likeness (QED) is 0.866. The average Bonchev–Trinajstić information content (AvgIpc) is 2.41. The Balaban J connectivity index is 1.86. The standard InChI is InChI=1S/C14H16ClN3/c1-16-13-8-14(10-17-9-13)18-7-6-11-2-4-12(15)5-3-11/h2-5,8-10,16,18H,6-7H2,1H3. The molecular weight excluding hydrogens is 246 g/mol. The Kier molecular flexibility index (Phi) is 4.42. The number of nitrogens with zero attached hydrogens (tertiary/aromatic N) is 1. The number of anilines is 2. The van der Waals surface area contributed by atoms with Gasteiger partial charge in [-0.25, -0.2) is 0 Å². The number of hydrogen-bond donors (Lipinski definition) is 2. The fourth-order valence-corrected chi connectivity index (χ4v) is 1.80. The molecule has 18 heavy (non-hydrogen) atoms. The molecule has 0 aliphatic heterocycles. The molecule has 1 heterocycles. The van der Waals surface area contributed by atoms with Crippen LogP contribution < -0.4 is 10.6 Å². The molecule has 0 spiro atoms. The van der Waals surface area contributed by atoms with Gasteiger partial charge in [0.25, 0.3) is 0 Å². The van der Waals surface area contributed by atoms with E-state index in [1.54, 1.807) is 6.20 Å². The number of pyridine rings is 1. The van der Waals surface area contributed by atoms with E-state index in [9.17, 15) is 0 Å². The van der Waals surface area contributed by atoms with Gasteiger partial charge in [0, 0.05) is 18.6 Å². The van der Waals surface area contributed by atoms with Crippen LogP contribution in [0.5, 0.6) is 0 Å². The van der Waals surface area contributed by atoms with Crippen molar-refractivity contribution < 1.29 is 0 Å². The first-order valence-corrected chi connectivity index (χ1v) is 6.27. The molecule has 0 atom stereocenters. The maximum absolute atomic E-state index is 5.84. The zero-order chi connectivity index (χ0) is 12.8. The summed E-state index contributed by atoms with van der Waals surface area (Å²) >= 11 is 5.84. The van der Waals surface area contributed by atoms with Gasteiger partial charge in [0.2, 0.25) is 0 Å². The Morgan fingerprint density at radius 1 is 1.11 bits per heavy atom. The van der Waals surface area contributed by atoms with E-state index in [1.807, 2.05) is 43.6 Å². The van der Waals surface area contributed by atoms with Gasteiger partial charge in [0.15, 0.2) is 0 Å². The molecule has 0 bridgehead atoms. The summed E-state index contributed by atoms with van der Waals surface area (Å²) in [6.07, 6.45) is 4.58. The number of nitrogens with one attached hydrogen (secondary N) is 2. The predicted molar refractivity (Wildman–Crippen MR) is 77.4 cm³/mol. The van der Waals surface area contributed by atoms with Crippen molar-refractivity contribution in [3.8, 4) is 0 Å². The average molecular weight is 262 g/mol. The molecule has 4 heteroatoms. The van der Waals surface area contributed by atoms with E-state index in [1.165, 1.54) is 5.56 Å². The van der Waals surface area contributed by atoms with Crippen molar-refractivity contribution in [3.63, 3.8) is 0 Å². The minimum Gasteiger partial charge on any atom is -0.387 e. The fraction of sp³-hybridized carbons (Fsp3) is 0.214. The molecule has 1 aromatic heterocycles. The summed E-state index contributed by atoms with van der Waals surface area (Å²) in [5.74, 6) is 0. The number of benzene rings is 1. The summed E-state index contributed by atoms with van der Waals surface area (Å²) < 4.78 is 0. The molecule has 3 nitrogen and oxygen atoms in total. The Bertz CT molecular complexity index is 497. The van der Waals surface area contributed by atoms with Gasteiger partial charge in [-0.15, -0.1) is 0 Å². The second kappa shape index (κ2) is 6.26. The number of hydrogen-bond acceptors (Lipinski definition) is 3. The molecule has 1 aromatic carbocycles. The fourth-order valence-electron chi connectivity index (χ4n) is 1.68. The van der Waals surface area contributed by atoms with E-state index in [0.717, 1.165) is 29.4 Å². The molecule has 0 radical (unpaired) electrons. The monoisotopic (exact) mass is 261 g/mol. The van der Waals surface area contributed by atoms with Crippen LogP contribution in [0.25, 0.3) is 0 Å². The molecular formula is C14H16ClN3. The van der Waals surface area contributed by atoms with Crippen LogP contribution in [0.15, 0.2) is 42.7 Å². The first-order valence-electron chi connectivity index (χ1n) is 5.89. The molecule has 2 rings (SSSR count). The predicted octanol–water partition coefficient (Wildman–Crippen LogP) is 3.43. The van der Waals surface area contributed by atoms with Gasteiger partial charge >= 0.3 is 0 Å². The number of halogens is 1. The molecule has 2 N–H and O–H groups in total. The highest BCUT2D eigenvalue weighted by molar-refractivity contribution is 6.30. The molecule has 2 aromatic rings. The second-order valence-corrected chi connectivity index (χ2v) is 4.45. The lowest BCUT2D eigenvalue weighted by Crippen LogP contribution is -2.05. The highest BCUT2D eigenvalue weighted by Crippen LogP contribution is 2.13. The van der Waals surface area contributed by atoms with Crippen LogP contribution in [0.1, 0.15) is 5.56 Å². The highest BCUT2D eigenvalue weighted by atomic mass is 35.5. The Morgan fingerprint density at radius 3 is 2.56 bits per heavy atom. The van der Waals surface area contributed by atoms with E-state index in [-0.39, 0.29) is 0 Å². The molecule has 0 amide bonds. The van der Waals surface area contributed by atoms with Gasteiger partial charge < -0.3 is 10.6 Å². The number of aromatic nitrogens is 1. The first-order chi connectivity index (χ1) is 8.78. The SMILES string of the molecule is CNc1cncc(NCCc2ccc(Cl)cc2)c1. The molecule has 0 unspecified atom stereocenters. The van der Waals surface area contributed by atoms with Crippen molar-refractivity contribution in [1.82, 2.24) is 4.98 Å². The zero-order valence-corrected chi connectivity index (χ0v) is 11.0. The summed E-state index contributed by atoms with van der Waals surface area (Å²) in [4.78, 5) is 4.15. The summed E-state index contributed by atoms with van der Waals surface area (Å²) in [5, 5.41) is 7.19. The lowest BCUT2D eigenvalue weighted by Gasteiger charge is -2.07. The van der Waals surface area contributed by atoms with Gasteiger partial charge in [0.05, 0.1) is 23.8 Å². The summed E-state index contributed by atoms with van der Waals surface area (Å²) in [5.41, 5.74) is 3.30. The summed E-state index contributed by atoms with van der Waals surface area (Å²) in [6, 6.07) is 9.97. The maximum atomic E-state index is 5.84. The third-order valence-electron chi connectivity index (χ3n) is 2.68. The first kappa shape index (κ1) is 12.7. The molecule has 94 valence electrons. The van der Waals surface area contributed by atoms with Crippen LogP contribution in [0.4, 0.5) is 11.4 Å². The van der Waals surface area contributed by atoms with E-state index >= 15 is 0 Å². The maximum Gasteiger partial charge on any atom is 0.0547 e. The lowest BCUT2D eigenvalue weighted by molar-refractivity contribution is 1.02. The largest absolute Gasteiger partial charge is 0.387 e. The van der Waals surface area contributed by atoms with Crippen LogP contribution in [0, 0.1) is 0 Å². The van der Waals surface area contributed by atoms with Gasteiger partial charge in [-0.1, -0.05) is 23.7 Å².